The van der Waals surface area contributed by atoms with Gasteiger partial charge in [0.1, 0.15) is 5.15 Å². The number of nitrogen functional groups attached to an aromatic ring is 1. The number of aryl methyl sites for hydroxylation is 1. The number of pyridine rings is 1. The fourth-order valence-corrected chi connectivity index (χ4v) is 2.66. The Hall–Kier alpha value is -1.91. The van der Waals surface area contributed by atoms with Crippen LogP contribution in [0.3, 0.4) is 0 Å². The van der Waals surface area contributed by atoms with Crippen molar-refractivity contribution in [3.05, 3.63) is 58.0 Å². The highest BCUT2D eigenvalue weighted by Gasteiger charge is 2.10. The Morgan fingerprint density at radius 3 is 2.81 bits per heavy atom. The second-order valence-electron chi connectivity index (χ2n) is 4.76. The maximum atomic E-state index is 6.21. The maximum Gasteiger partial charge on any atom is 0.161 e. The van der Waals surface area contributed by atoms with E-state index in [1.165, 1.54) is 0 Å². The zero-order valence-corrected chi connectivity index (χ0v) is 12.9. The molecule has 2 aromatic heterocycles. The number of hydrogen-bond donors (Lipinski definition) is 2. The van der Waals surface area contributed by atoms with E-state index in [0.29, 0.717) is 22.4 Å². The van der Waals surface area contributed by atoms with Gasteiger partial charge in [-0.15, -0.1) is 0 Å². The first kappa shape index (κ1) is 14.0. The third kappa shape index (κ3) is 2.52. The van der Waals surface area contributed by atoms with Crippen LogP contribution in [0.25, 0.3) is 5.65 Å². The number of fused-ring (bicyclic) bond motifs is 1. The van der Waals surface area contributed by atoms with Crippen LogP contribution >= 0.6 is 23.2 Å². The van der Waals surface area contributed by atoms with Crippen molar-refractivity contribution < 1.29 is 0 Å². The van der Waals surface area contributed by atoms with E-state index >= 15 is 0 Å². The van der Waals surface area contributed by atoms with Crippen molar-refractivity contribution in [2.24, 2.45) is 0 Å². The summed E-state index contributed by atoms with van der Waals surface area (Å²) in [5.41, 5.74) is 9.96. The van der Waals surface area contributed by atoms with Gasteiger partial charge in [-0.25, -0.2) is 4.98 Å². The first-order chi connectivity index (χ1) is 10.1. The Bertz CT molecular complexity index is 791. The lowest BCUT2D eigenvalue weighted by Gasteiger charge is -2.11. The molecule has 0 radical (unpaired) electrons. The number of aromatic nitrogens is 2. The monoisotopic (exact) mass is 320 g/mol. The molecular weight excluding hydrogens is 307 g/mol. The molecule has 0 saturated carbocycles. The van der Waals surface area contributed by atoms with Crippen molar-refractivity contribution in [3.8, 4) is 0 Å². The average Bonchev–Trinajstić information content (AvgIpc) is 2.75. The number of nitrogens with one attached hydrogen (secondary N) is 1. The fraction of sp³-hybridized carbons (Fsp3) is 0.133. The normalized spacial score (nSPS) is 11.0. The van der Waals surface area contributed by atoms with E-state index in [1.807, 2.05) is 47.9 Å². The van der Waals surface area contributed by atoms with Crippen LogP contribution in [-0.4, -0.2) is 9.38 Å². The molecule has 0 aliphatic heterocycles. The van der Waals surface area contributed by atoms with E-state index in [4.69, 9.17) is 28.9 Å². The summed E-state index contributed by atoms with van der Waals surface area (Å²) in [7, 11) is 0. The molecule has 0 aliphatic carbocycles. The fourth-order valence-electron chi connectivity index (χ4n) is 2.24. The summed E-state index contributed by atoms with van der Waals surface area (Å²) in [6.07, 6.45) is 1.88. The zero-order chi connectivity index (χ0) is 15.0. The lowest BCUT2D eigenvalue weighted by atomic mass is 10.2. The smallest absolute Gasteiger partial charge is 0.161 e. The van der Waals surface area contributed by atoms with Crippen LogP contribution < -0.4 is 11.1 Å². The van der Waals surface area contributed by atoms with E-state index in [-0.39, 0.29) is 0 Å². The van der Waals surface area contributed by atoms with E-state index in [1.54, 1.807) is 0 Å². The number of rotatable bonds is 3. The van der Waals surface area contributed by atoms with E-state index in [2.05, 4.69) is 10.3 Å². The molecule has 3 aromatic rings. The molecule has 3 rings (SSSR count). The average molecular weight is 321 g/mol. The molecule has 3 N–H and O–H groups in total. The molecule has 0 fully saturated rings. The lowest BCUT2D eigenvalue weighted by Crippen LogP contribution is -2.05. The number of anilines is 2. The first-order valence-corrected chi connectivity index (χ1v) is 7.23. The van der Waals surface area contributed by atoms with Crippen LogP contribution in [0.15, 0.2) is 36.5 Å². The molecule has 0 bridgehead atoms. The molecule has 1 aromatic carbocycles. The van der Waals surface area contributed by atoms with Crippen molar-refractivity contribution in [2.75, 3.05) is 11.1 Å². The molecule has 6 heteroatoms. The lowest BCUT2D eigenvalue weighted by molar-refractivity contribution is 1.13. The van der Waals surface area contributed by atoms with Gasteiger partial charge in [-0.3, -0.25) is 4.40 Å². The van der Waals surface area contributed by atoms with Crippen LogP contribution in [0, 0.1) is 6.92 Å². The summed E-state index contributed by atoms with van der Waals surface area (Å²) in [4.78, 5) is 4.47. The Morgan fingerprint density at radius 2 is 2.05 bits per heavy atom. The molecule has 4 nitrogen and oxygen atoms in total. The quantitative estimate of drug-likeness (QED) is 0.713. The Morgan fingerprint density at radius 1 is 1.24 bits per heavy atom. The summed E-state index contributed by atoms with van der Waals surface area (Å²) in [6, 6.07) is 9.36. The molecule has 2 heterocycles. The van der Waals surface area contributed by atoms with Gasteiger partial charge in [0.15, 0.2) is 5.65 Å². The van der Waals surface area contributed by atoms with Crippen LogP contribution in [0.1, 0.15) is 11.3 Å². The molecular formula is C15H14Cl2N4. The second kappa shape index (κ2) is 5.47. The minimum atomic E-state index is 0.523. The first-order valence-electron chi connectivity index (χ1n) is 6.48. The third-order valence-electron chi connectivity index (χ3n) is 3.36. The standard InChI is InChI=1S/C15H14Cl2N4/c1-9-14(17)21-7-3-6-13(15(21)20-9)19-8-10-11(16)4-2-5-12(10)18/h2-7,19H,8,18H2,1H3. The van der Waals surface area contributed by atoms with Crippen LogP contribution in [0.2, 0.25) is 10.2 Å². The number of nitrogens with two attached hydrogens (primary N) is 1. The van der Waals surface area contributed by atoms with Gasteiger partial charge in [0.2, 0.25) is 0 Å². The Balaban J connectivity index is 1.94. The van der Waals surface area contributed by atoms with Gasteiger partial charge in [0.05, 0.1) is 11.4 Å². The molecule has 108 valence electrons. The van der Waals surface area contributed by atoms with E-state index < -0.39 is 0 Å². The molecule has 0 atom stereocenters. The summed E-state index contributed by atoms with van der Waals surface area (Å²) < 4.78 is 1.84. The molecule has 0 spiro atoms. The highest BCUT2D eigenvalue weighted by Crippen LogP contribution is 2.26. The van der Waals surface area contributed by atoms with Gasteiger partial charge in [0.25, 0.3) is 0 Å². The highest BCUT2D eigenvalue weighted by molar-refractivity contribution is 6.31. The molecule has 0 saturated heterocycles. The molecule has 0 aliphatic rings. The Kier molecular flexibility index (Phi) is 3.66. The maximum absolute atomic E-state index is 6.21. The minimum Gasteiger partial charge on any atom is -0.398 e. The summed E-state index contributed by atoms with van der Waals surface area (Å²) >= 11 is 12.4. The van der Waals surface area contributed by atoms with E-state index in [9.17, 15) is 0 Å². The zero-order valence-electron chi connectivity index (χ0n) is 11.4. The third-order valence-corrected chi connectivity index (χ3v) is 4.17. The molecule has 0 unspecified atom stereocenters. The number of halogens is 2. The van der Waals surface area contributed by atoms with Crippen LogP contribution in [0.4, 0.5) is 11.4 Å². The summed E-state index contributed by atoms with van der Waals surface area (Å²) in [5, 5.41) is 4.58. The molecule has 21 heavy (non-hydrogen) atoms. The number of hydrogen-bond acceptors (Lipinski definition) is 3. The second-order valence-corrected chi connectivity index (χ2v) is 5.53. The Labute approximate surface area is 132 Å². The molecule has 0 amide bonds. The van der Waals surface area contributed by atoms with Gasteiger partial charge >= 0.3 is 0 Å². The minimum absolute atomic E-state index is 0.523. The SMILES string of the molecule is Cc1nc2c(NCc3c(N)cccc3Cl)cccn2c1Cl. The van der Waals surface area contributed by atoms with Crippen LogP contribution in [0.5, 0.6) is 0 Å². The number of benzene rings is 1. The predicted octanol–water partition coefficient (Wildman–Crippen LogP) is 4.14. The summed E-state index contributed by atoms with van der Waals surface area (Å²) in [6.45, 7) is 2.40. The van der Waals surface area contributed by atoms with Crippen LogP contribution in [-0.2, 0) is 6.54 Å². The summed E-state index contributed by atoms with van der Waals surface area (Å²) in [5.74, 6) is 0. The van der Waals surface area contributed by atoms with E-state index in [0.717, 1.165) is 22.6 Å². The highest BCUT2D eigenvalue weighted by atomic mass is 35.5. The van der Waals surface area contributed by atoms with Gasteiger partial charge < -0.3 is 11.1 Å². The number of nitrogens with zero attached hydrogens (tertiary/aromatic N) is 2. The van der Waals surface area contributed by atoms with Gasteiger partial charge in [-0.2, -0.15) is 0 Å². The largest absolute Gasteiger partial charge is 0.398 e. The van der Waals surface area contributed by atoms with Gasteiger partial charge in [0, 0.05) is 29.0 Å². The van der Waals surface area contributed by atoms with Gasteiger partial charge in [-0.05, 0) is 31.2 Å². The van der Waals surface area contributed by atoms with Crippen molar-refractivity contribution in [2.45, 2.75) is 13.5 Å². The van der Waals surface area contributed by atoms with Gasteiger partial charge in [-0.1, -0.05) is 29.3 Å². The van der Waals surface area contributed by atoms with Crippen molar-refractivity contribution >= 4 is 40.2 Å². The topological polar surface area (TPSA) is 55.3 Å². The predicted molar refractivity (Wildman–Crippen MR) is 88.1 cm³/mol. The van der Waals surface area contributed by atoms with Crippen molar-refractivity contribution in [1.82, 2.24) is 9.38 Å². The van der Waals surface area contributed by atoms with Crippen molar-refractivity contribution in [1.29, 1.82) is 0 Å². The number of imidazole rings is 1. The van der Waals surface area contributed by atoms with Crippen molar-refractivity contribution in [3.63, 3.8) is 0 Å².